The molecule has 2 unspecified atom stereocenters. The maximum Gasteiger partial charge on any atom is 0.314 e. The number of benzene rings is 1. The first-order chi connectivity index (χ1) is 17.9. The summed E-state index contributed by atoms with van der Waals surface area (Å²) in [4.78, 5) is 24.8. The highest BCUT2D eigenvalue weighted by molar-refractivity contribution is 6.99. The average Bonchev–Trinajstić information content (AvgIpc) is 3.37. The molecule has 0 saturated carbocycles. The summed E-state index contributed by atoms with van der Waals surface area (Å²) < 4.78 is 26.9. The number of esters is 2. The fraction of sp³-hybridized carbons (Fsp3) is 0.571. The molecule has 8 nitrogen and oxygen atoms in total. The highest BCUT2D eigenvalue weighted by Gasteiger charge is 2.38. The third-order valence-corrected chi connectivity index (χ3v) is 7.21. The monoisotopic (exact) mass is 657 g/mol. The number of para-hydroxylation sites is 1. The number of hydrogen-bond donors (Lipinski definition) is 0. The molecule has 1 aliphatic heterocycles. The van der Waals surface area contributed by atoms with Gasteiger partial charge < -0.3 is 38.2 Å². The molecule has 38 heavy (non-hydrogen) atoms. The number of carbonyl (C=O) groups excluding carboxylic acids is 2. The van der Waals surface area contributed by atoms with Crippen molar-refractivity contribution >= 4 is 29.2 Å². The van der Waals surface area contributed by atoms with Crippen molar-refractivity contribution in [2.45, 2.75) is 78.4 Å². The molecule has 1 aliphatic rings. The molecule has 10 heteroatoms. The fourth-order valence-electron chi connectivity index (χ4n) is 4.60. The van der Waals surface area contributed by atoms with Crippen LogP contribution in [0.25, 0.3) is 5.57 Å². The van der Waals surface area contributed by atoms with Gasteiger partial charge in [-0.3, -0.25) is 14.1 Å². The van der Waals surface area contributed by atoms with Crippen molar-refractivity contribution in [1.29, 1.82) is 0 Å². The van der Waals surface area contributed by atoms with E-state index in [1.165, 1.54) is 24.6 Å². The van der Waals surface area contributed by atoms with Crippen LogP contribution in [-0.2, 0) is 20.7 Å². The summed E-state index contributed by atoms with van der Waals surface area (Å²) in [6.07, 6.45) is 8.28. The number of rotatable bonds is 14. The molecule has 0 spiro atoms. The summed E-state index contributed by atoms with van der Waals surface area (Å²) in [6, 6.07) is 7.10. The Bertz CT molecular complexity index is 1080. The lowest BCUT2D eigenvalue weighted by atomic mass is 10.0. The van der Waals surface area contributed by atoms with E-state index >= 15 is 0 Å². The smallest absolute Gasteiger partial charge is 0.314 e. The minimum atomic E-state index is -0.339. The zero-order chi connectivity index (χ0) is 26.7. The molecule has 2 heterocycles. The van der Waals surface area contributed by atoms with Crippen LogP contribution in [0.5, 0.6) is 11.6 Å². The van der Waals surface area contributed by atoms with Crippen LogP contribution >= 0.6 is 11.7 Å². The molecular formula is C28H40IN3O5S. The Balaban J connectivity index is 0.00000507. The van der Waals surface area contributed by atoms with Crippen LogP contribution in [0.4, 0.5) is 0 Å². The quantitative estimate of drug-likeness (QED) is 0.102. The van der Waals surface area contributed by atoms with E-state index in [1.54, 1.807) is 25.1 Å². The van der Waals surface area contributed by atoms with E-state index in [9.17, 15) is 9.59 Å². The number of halogens is 1. The van der Waals surface area contributed by atoms with E-state index in [4.69, 9.17) is 14.2 Å². The molecule has 0 saturated heterocycles. The van der Waals surface area contributed by atoms with E-state index in [0.29, 0.717) is 41.2 Å². The second-order valence-electron chi connectivity index (χ2n) is 9.67. The predicted octanol–water partition coefficient (Wildman–Crippen LogP) is 2.57. The molecule has 1 aromatic heterocycles. The SMILES string of the molecule is CCCCCCOc1nsnc1C1=CCC[N+](C)(C(CC)OC(=O)Cc2ccccc2OC(=O)CC)C1.[I-]. The molecule has 0 radical (unpaired) electrons. The number of hydrogen-bond acceptors (Lipinski definition) is 8. The van der Waals surface area contributed by atoms with Crippen molar-refractivity contribution in [3.05, 3.63) is 41.6 Å². The van der Waals surface area contributed by atoms with Gasteiger partial charge in [-0.05, 0) is 12.5 Å². The summed E-state index contributed by atoms with van der Waals surface area (Å²) in [5, 5.41) is 0. The van der Waals surface area contributed by atoms with Crippen molar-refractivity contribution in [2.75, 3.05) is 26.7 Å². The van der Waals surface area contributed by atoms with E-state index in [1.807, 2.05) is 13.0 Å². The second kappa shape index (κ2) is 16.1. The maximum atomic E-state index is 13.0. The molecule has 0 aliphatic carbocycles. The Hall–Kier alpha value is -2.05. The maximum absolute atomic E-state index is 13.0. The van der Waals surface area contributed by atoms with Gasteiger partial charge in [0.15, 0.2) is 0 Å². The first-order valence-corrected chi connectivity index (χ1v) is 14.1. The lowest BCUT2D eigenvalue weighted by Gasteiger charge is -2.42. The number of carbonyl (C=O) groups is 2. The van der Waals surface area contributed by atoms with E-state index in [2.05, 4.69) is 28.8 Å². The van der Waals surface area contributed by atoms with Gasteiger partial charge >= 0.3 is 11.9 Å². The Labute approximate surface area is 247 Å². The minimum Gasteiger partial charge on any atom is -1.00 e. The van der Waals surface area contributed by atoms with Crippen LogP contribution in [0.3, 0.4) is 0 Å². The Morgan fingerprint density at radius 3 is 2.61 bits per heavy atom. The molecule has 0 fully saturated rings. The van der Waals surface area contributed by atoms with Gasteiger partial charge in [0.05, 0.1) is 38.3 Å². The van der Waals surface area contributed by atoms with Gasteiger partial charge in [-0.1, -0.05) is 64.3 Å². The Morgan fingerprint density at radius 2 is 1.87 bits per heavy atom. The van der Waals surface area contributed by atoms with Crippen LogP contribution in [0.1, 0.15) is 77.0 Å². The third-order valence-electron chi connectivity index (χ3n) is 6.69. The van der Waals surface area contributed by atoms with Gasteiger partial charge in [0.2, 0.25) is 6.23 Å². The number of unbranched alkanes of at least 4 members (excludes halogenated alkanes) is 3. The van der Waals surface area contributed by atoms with Crippen molar-refractivity contribution < 1.29 is 52.3 Å². The number of quaternary nitrogens is 1. The fourth-order valence-corrected chi connectivity index (χ4v) is 5.13. The summed E-state index contributed by atoms with van der Waals surface area (Å²) >= 11 is 1.17. The average molecular weight is 658 g/mol. The largest absolute Gasteiger partial charge is 1.00 e. The zero-order valence-electron chi connectivity index (χ0n) is 22.9. The molecule has 0 N–H and O–H groups in total. The van der Waals surface area contributed by atoms with Gasteiger partial charge in [-0.15, -0.1) is 4.37 Å². The second-order valence-corrected chi connectivity index (χ2v) is 10.2. The van der Waals surface area contributed by atoms with Crippen LogP contribution in [-0.4, -0.2) is 58.1 Å². The highest BCUT2D eigenvalue weighted by Crippen LogP contribution is 2.32. The summed E-state index contributed by atoms with van der Waals surface area (Å²) in [5.41, 5.74) is 2.52. The molecular weight excluding hydrogens is 617 g/mol. The van der Waals surface area contributed by atoms with Crippen molar-refractivity contribution in [3.8, 4) is 11.6 Å². The number of likely N-dealkylation sites (N-methyl/N-ethyl adjacent to an activating group) is 1. The summed E-state index contributed by atoms with van der Waals surface area (Å²) in [5.74, 6) is 0.332. The Kier molecular flexibility index (Phi) is 13.7. The third kappa shape index (κ3) is 9.01. The van der Waals surface area contributed by atoms with Gasteiger partial charge in [-0.2, -0.15) is 4.37 Å². The Morgan fingerprint density at radius 1 is 1.08 bits per heavy atom. The van der Waals surface area contributed by atoms with E-state index in [-0.39, 0.29) is 55.0 Å². The van der Waals surface area contributed by atoms with Crippen LogP contribution in [0.2, 0.25) is 0 Å². The van der Waals surface area contributed by atoms with Crippen LogP contribution < -0.4 is 33.5 Å². The molecule has 2 aromatic rings. The standard InChI is InChI=1S/C28H40N3O5S.HI/c1-5-8-9-12-18-34-28-27(29-37-30-28)22-15-13-17-31(4,20-22)24(6-2)36-26(33)19-21-14-10-11-16-23(21)35-25(32)7-3;/h10-11,14-16,24H,5-9,12-13,17-20H2,1-4H3;1H/q+1;/p-1. The summed E-state index contributed by atoms with van der Waals surface area (Å²) in [7, 11) is 2.12. The molecule has 0 bridgehead atoms. The minimum absolute atomic E-state index is 0. The van der Waals surface area contributed by atoms with Crippen molar-refractivity contribution in [1.82, 2.24) is 8.75 Å². The first kappa shape index (κ1) is 32.2. The highest BCUT2D eigenvalue weighted by atomic mass is 127. The van der Waals surface area contributed by atoms with Gasteiger partial charge in [0.25, 0.3) is 5.88 Å². The number of ether oxygens (including phenoxy) is 3. The number of nitrogens with zero attached hydrogens (tertiary/aromatic N) is 3. The first-order valence-electron chi connectivity index (χ1n) is 13.4. The molecule has 1 aromatic carbocycles. The van der Waals surface area contributed by atoms with Crippen LogP contribution in [0.15, 0.2) is 30.3 Å². The predicted molar refractivity (Wildman–Crippen MR) is 144 cm³/mol. The zero-order valence-corrected chi connectivity index (χ0v) is 25.9. The topological polar surface area (TPSA) is 87.6 Å². The molecule has 2 atom stereocenters. The summed E-state index contributed by atoms with van der Waals surface area (Å²) in [6.45, 7) is 8.13. The van der Waals surface area contributed by atoms with E-state index < -0.39 is 0 Å². The van der Waals surface area contributed by atoms with Gasteiger partial charge in [0, 0.05) is 30.4 Å². The van der Waals surface area contributed by atoms with Crippen molar-refractivity contribution in [2.24, 2.45) is 0 Å². The van der Waals surface area contributed by atoms with Gasteiger partial charge in [-0.25, -0.2) is 0 Å². The lowest BCUT2D eigenvalue weighted by Crippen LogP contribution is -3.00. The lowest BCUT2D eigenvalue weighted by molar-refractivity contribution is -0.947. The van der Waals surface area contributed by atoms with Crippen molar-refractivity contribution in [3.63, 3.8) is 0 Å². The number of aromatic nitrogens is 2. The van der Waals surface area contributed by atoms with E-state index in [0.717, 1.165) is 37.1 Å². The molecule has 0 amide bonds. The normalized spacial score (nSPS) is 17.6. The van der Waals surface area contributed by atoms with Gasteiger partial charge in [0.1, 0.15) is 18.0 Å². The van der Waals surface area contributed by atoms with Crippen LogP contribution in [0, 0.1) is 0 Å². The molecule has 3 rings (SSSR count). The molecule has 210 valence electrons.